The van der Waals surface area contributed by atoms with Crippen molar-refractivity contribution in [3.8, 4) is 0 Å². The maximum absolute atomic E-state index is 10.9. The number of hydrogen-bond donors (Lipinski definition) is 1. The minimum atomic E-state index is -0.107. The van der Waals surface area contributed by atoms with E-state index < -0.39 is 0 Å². The van der Waals surface area contributed by atoms with Gasteiger partial charge in [-0.15, -0.1) is 0 Å². The molecular formula is C10H21NO3. The number of aliphatic hydroxyl groups excluding tert-OH is 1. The Kier molecular flexibility index (Phi) is 7.20. The molecule has 0 aromatic rings. The lowest BCUT2D eigenvalue weighted by molar-refractivity contribution is 0.154. The molecule has 0 saturated carbocycles. The fraction of sp³-hybridized carbons (Fsp3) is 0.900. The van der Waals surface area contributed by atoms with Crippen LogP contribution < -0.4 is 0 Å². The Balaban J connectivity index is 0.000000379. The van der Waals surface area contributed by atoms with Crippen molar-refractivity contribution in [1.29, 1.82) is 0 Å². The van der Waals surface area contributed by atoms with Crippen molar-refractivity contribution in [3.05, 3.63) is 0 Å². The number of cyclic esters (lactones) is 1. The van der Waals surface area contributed by atoms with E-state index in [0.717, 1.165) is 26.5 Å². The predicted octanol–water partition coefficient (Wildman–Crippen LogP) is 1.63. The van der Waals surface area contributed by atoms with E-state index in [-0.39, 0.29) is 6.09 Å². The molecule has 1 atom stereocenters. The summed E-state index contributed by atoms with van der Waals surface area (Å²) in [6.07, 6.45) is 3.42. The summed E-state index contributed by atoms with van der Waals surface area (Å²) < 4.78 is 4.89. The number of nitrogens with zero attached hydrogens (tertiary/aromatic N) is 1. The molecule has 2 saturated heterocycles. The van der Waals surface area contributed by atoms with Gasteiger partial charge in [0.05, 0.1) is 6.04 Å². The fourth-order valence-electron chi connectivity index (χ4n) is 1.66. The second-order valence-corrected chi connectivity index (χ2v) is 2.92. The van der Waals surface area contributed by atoms with E-state index in [1.807, 2.05) is 18.7 Å². The number of fused-ring (bicyclic) bond motifs is 1. The number of piperidine rings is 1. The van der Waals surface area contributed by atoms with Crippen LogP contribution in [-0.4, -0.2) is 42.4 Å². The molecule has 2 aliphatic heterocycles. The third-order valence-corrected chi connectivity index (χ3v) is 2.26. The topological polar surface area (TPSA) is 49.8 Å². The maximum atomic E-state index is 10.9. The van der Waals surface area contributed by atoms with Crippen LogP contribution in [0.4, 0.5) is 4.79 Å². The summed E-state index contributed by atoms with van der Waals surface area (Å²) in [6, 6.07) is 0.404. The van der Waals surface area contributed by atoms with Crippen LogP contribution in [0, 0.1) is 0 Å². The zero-order valence-electron chi connectivity index (χ0n) is 9.32. The van der Waals surface area contributed by atoms with Crippen LogP contribution in [0.15, 0.2) is 0 Å². The SMILES string of the molecule is CC.CO.O=C1OC[C@H]2CCCCN12. The molecule has 2 rings (SSSR count). The van der Waals surface area contributed by atoms with Gasteiger partial charge in [-0.2, -0.15) is 0 Å². The molecule has 0 aromatic heterocycles. The second kappa shape index (κ2) is 7.62. The Morgan fingerprint density at radius 1 is 1.36 bits per heavy atom. The van der Waals surface area contributed by atoms with Gasteiger partial charge in [0.2, 0.25) is 0 Å². The maximum Gasteiger partial charge on any atom is 0.410 e. The standard InChI is InChI=1S/C7H11NO2.C2H6.CH4O/c9-7-8-4-2-1-3-6(8)5-10-7;2*1-2/h6H,1-5H2;1-2H3;2H,1H3/t6-;;/m1../s1. The predicted molar refractivity (Wildman–Crippen MR) is 55.2 cm³/mol. The molecule has 1 N–H and O–H groups in total. The van der Waals surface area contributed by atoms with Crippen molar-refractivity contribution >= 4 is 6.09 Å². The molecule has 1 amide bonds. The van der Waals surface area contributed by atoms with Crippen molar-refractivity contribution in [2.45, 2.75) is 39.2 Å². The Morgan fingerprint density at radius 3 is 2.57 bits per heavy atom. The van der Waals surface area contributed by atoms with Crippen molar-refractivity contribution in [2.75, 3.05) is 20.3 Å². The van der Waals surface area contributed by atoms with Gasteiger partial charge in [-0.05, 0) is 19.3 Å². The van der Waals surface area contributed by atoms with E-state index in [0.29, 0.717) is 12.6 Å². The van der Waals surface area contributed by atoms with Gasteiger partial charge in [0, 0.05) is 13.7 Å². The molecule has 0 radical (unpaired) electrons. The Labute approximate surface area is 85.9 Å². The third-order valence-electron chi connectivity index (χ3n) is 2.26. The third kappa shape index (κ3) is 3.18. The first-order chi connectivity index (χ1) is 6.88. The molecule has 84 valence electrons. The smallest absolute Gasteiger partial charge is 0.410 e. The molecule has 2 aliphatic rings. The molecule has 0 unspecified atom stereocenters. The summed E-state index contributed by atoms with van der Waals surface area (Å²) in [4.78, 5) is 12.8. The number of carbonyl (C=O) groups excluding carboxylic acids is 1. The lowest BCUT2D eigenvalue weighted by Crippen LogP contribution is -2.37. The number of carbonyl (C=O) groups is 1. The minimum Gasteiger partial charge on any atom is -0.447 e. The van der Waals surface area contributed by atoms with Gasteiger partial charge in [-0.25, -0.2) is 4.79 Å². The zero-order chi connectivity index (χ0) is 11.0. The molecular weight excluding hydrogens is 182 g/mol. The lowest BCUT2D eigenvalue weighted by atomic mass is 10.0. The highest BCUT2D eigenvalue weighted by molar-refractivity contribution is 5.70. The van der Waals surface area contributed by atoms with E-state index in [1.165, 1.54) is 6.42 Å². The van der Waals surface area contributed by atoms with E-state index >= 15 is 0 Å². The Morgan fingerprint density at radius 2 is 2.00 bits per heavy atom. The summed E-state index contributed by atoms with van der Waals surface area (Å²) in [5.41, 5.74) is 0. The Bertz CT molecular complexity index is 161. The fourth-order valence-corrected chi connectivity index (χ4v) is 1.66. The quantitative estimate of drug-likeness (QED) is 0.651. The van der Waals surface area contributed by atoms with Crippen molar-refractivity contribution in [2.24, 2.45) is 0 Å². The highest BCUT2D eigenvalue weighted by Gasteiger charge is 2.34. The molecule has 4 nitrogen and oxygen atoms in total. The molecule has 2 fully saturated rings. The minimum absolute atomic E-state index is 0.107. The van der Waals surface area contributed by atoms with Crippen LogP contribution in [0.1, 0.15) is 33.1 Å². The first kappa shape index (κ1) is 13.2. The number of ether oxygens (including phenoxy) is 1. The normalized spacial score (nSPS) is 23.6. The summed E-state index contributed by atoms with van der Waals surface area (Å²) in [5, 5.41) is 7.00. The van der Waals surface area contributed by atoms with Crippen LogP contribution in [-0.2, 0) is 4.74 Å². The molecule has 0 aliphatic carbocycles. The summed E-state index contributed by atoms with van der Waals surface area (Å²) in [5.74, 6) is 0. The first-order valence-electron chi connectivity index (χ1n) is 5.26. The monoisotopic (exact) mass is 203 g/mol. The van der Waals surface area contributed by atoms with Crippen molar-refractivity contribution in [3.63, 3.8) is 0 Å². The molecule has 0 bridgehead atoms. The number of aliphatic hydroxyl groups is 1. The molecule has 4 heteroatoms. The van der Waals surface area contributed by atoms with Gasteiger partial charge in [0.1, 0.15) is 6.61 Å². The zero-order valence-corrected chi connectivity index (χ0v) is 9.32. The van der Waals surface area contributed by atoms with E-state index in [2.05, 4.69) is 0 Å². The molecule has 14 heavy (non-hydrogen) atoms. The van der Waals surface area contributed by atoms with Gasteiger partial charge < -0.3 is 14.7 Å². The van der Waals surface area contributed by atoms with E-state index in [4.69, 9.17) is 9.84 Å². The molecule has 0 spiro atoms. The van der Waals surface area contributed by atoms with Crippen LogP contribution in [0.3, 0.4) is 0 Å². The Hall–Kier alpha value is -0.770. The van der Waals surface area contributed by atoms with E-state index in [1.54, 1.807) is 0 Å². The lowest BCUT2D eigenvalue weighted by Gasteiger charge is -2.25. The van der Waals surface area contributed by atoms with Crippen LogP contribution in [0.2, 0.25) is 0 Å². The average Bonchev–Trinajstić information content (AvgIpc) is 2.67. The van der Waals surface area contributed by atoms with Gasteiger partial charge in [-0.1, -0.05) is 13.8 Å². The van der Waals surface area contributed by atoms with Crippen LogP contribution >= 0.6 is 0 Å². The van der Waals surface area contributed by atoms with E-state index in [9.17, 15) is 4.79 Å². The van der Waals surface area contributed by atoms with Gasteiger partial charge in [0.15, 0.2) is 0 Å². The number of hydrogen-bond acceptors (Lipinski definition) is 3. The molecule has 0 aromatic carbocycles. The van der Waals surface area contributed by atoms with Gasteiger partial charge >= 0.3 is 6.09 Å². The number of rotatable bonds is 0. The first-order valence-corrected chi connectivity index (χ1v) is 5.26. The molecule has 2 heterocycles. The highest BCUT2D eigenvalue weighted by Crippen LogP contribution is 2.22. The average molecular weight is 203 g/mol. The van der Waals surface area contributed by atoms with Gasteiger partial charge in [0.25, 0.3) is 0 Å². The summed E-state index contributed by atoms with van der Waals surface area (Å²) in [6.45, 7) is 5.53. The number of amides is 1. The van der Waals surface area contributed by atoms with Crippen molar-refractivity contribution < 1.29 is 14.6 Å². The second-order valence-electron chi connectivity index (χ2n) is 2.92. The largest absolute Gasteiger partial charge is 0.447 e. The van der Waals surface area contributed by atoms with Crippen LogP contribution in [0.5, 0.6) is 0 Å². The van der Waals surface area contributed by atoms with Crippen molar-refractivity contribution in [1.82, 2.24) is 4.90 Å². The summed E-state index contributed by atoms with van der Waals surface area (Å²) in [7, 11) is 1.00. The highest BCUT2D eigenvalue weighted by atomic mass is 16.6. The van der Waals surface area contributed by atoms with Crippen LogP contribution in [0.25, 0.3) is 0 Å². The summed E-state index contributed by atoms with van der Waals surface area (Å²) >= 11 is 0. The van der Waals surface area contributed by atoms with Gasteiger partial charge in [-0.3, -0.25) is 0 Å².